The van der Waals surface area contributed by atoms with Gasteiger partial charge in [0.1, 0.15) is 0 Å². The lowest BCUT2D eigenvalue weighted by Crippen LogP contribution is -2.13. The molecule has 5 heteroatoms. The molecule has 0 heterocycles. The minimum atomic E-state index is -3.65. The van der Waals surface area contributed by atoms with Crippen molar-refractivity contribution >= 4 is 27.3 Å². The molecule has 3 aromatic carbocycles. The van der Waals surface area contributed by atoms with E-state index in [1.54, 1.807) is 42.5 Å². The fraction of sp³-hybridized carbons (Fsp3) is 0.0526. The highest BCUT2D eigenvalue weighted by molar-refractivity contribution is 7.92. The molecule has 122 valence electrons. The van der Waals surface area contributed by atoms with E-state index in [1.807, 2.05) is 37.3 Å². The van der Waals surface area contributed by atoms with Crippen LogP contribution in [-0.2, 0) is 10.0 Å². The number of sulfonamides is 1. The fourth-order valence-electron chi connectivity index (χ4n) is 2.39. The standard InChI is InChI=1S/C19H16ClNO2S/c1-14-11-12-15(13-18(14)20)17-9-5-6-10-19(17)21-24(22,23)16-7-3-2-4-8-16/h2-13,21H,1H3. The average Bonchev–Trinajstić information content (AvgIpc) is 2.58. The first-order chi connectivity index (χ1) is 11.5. The summed E-state index contributed by atoms with van der Waals surface area (Å²) in [5, 5.41) is 0.646. The smallest absolute Gasteiger partial charge is 0.261 e. The topological polar surface area (TPSA) is 46.2 Å². The van der Waals surface area contributed by atoms with Crippen LogP contribution in [0.4, 0.5) is 5.69 Å². The summed E-state index contributed by atoms with van der Waals surface area (Å²) in [6, 6.07) is 21.2. The lowest BCUT2D eigenvalue weighted by atomic mass is 10.0. The van der Waals surface area contributed by atoms with Gasteiger partial charge in [-0.05, 0) is 42.3 Å². The molecular formula is C19H16ClNO2S. The molecule has 3 rings (SSSR count). The predicted molar refractivity (Wildman–Crippen MR) is 98.9 cm³/mol. The van der Waals surface area contributed by atoms with Gasteiger partial charge in [-0.2, -0.15) is 0 Å². The number of hydrogen-bond donors (Lipinski definition) is 1. The molecule has 0 amide bonds. The van der Waals surface area contributed by atoms with Gasteiger partial charge in [0.25, 0.3) is 10.0 Å². The van der Waals surface area contributed by atoms with Gasteiger partial charge < -0.3 is 0 Å². The summed E-state index contributed by atoms with van der Waals surface area (Å²) in [7, 11) is -3.65. The van der Waals surface area contributed by atoms with Crippen molar-refractivity contribution in [3.63, 3.8) is 0 Å². The van der Waals surface area contributed by atoms with Crippen LogP contribution in [0.25, 0.3) is 11.1 Å². The van der Waals surface area contributed by atoms with Crippen LogP contribution in [0.2, 0.25) is 5.02 Å². The third kappa shape index (κ3) is 3.45. The Kier molecular flexibility index (Phi) is 4.60. The SMILES string of the molecule is Cc1ccc(-c2ccccc2NS(=O)(=O)c2ccccc2)cc1Cl. The molecular weight excluding hydrogens is 342 g/mol. The molecule has 0 aliphatic heterocycles. The number of anilines is 1. The van der Waals surface area contributed by atoms with E-state index in [-0.39, 0.29) is 4.90 Å². The normalized spacial score (nSPS) is 11.2. The monoisotopic (exact) mass is 357 g/mol. The molecule has 3 aromatic rings. The van der Waals surface area contributed by atoms with Crippen LogP contribution in [0.3, 0.4) is 0 Å². The molecule has 0 atom stereocenters. The fourth-order valence-corrected chi connectivity index (χ4v) is 3.67. The van der Waals surface area contributed by atoms with Gasteiger partial charge in [-0.15, -0.1) is 0 Å². The Labute approximate surface area is 147 Å². The number of para-hydroxylation sites is 1. The third-order valence-corrected chi connectivity index (χ3v) is 5.50. The number of benzene rings is 3. The van der Waals surface area contributed by atoms with Crippen molar-refractivity contribution in [3.05, 3.63) is 83.4 Å². The first-order valence-corrected chi connectivity index (χ1v) is 9.27. The van der Waals surface area contributed by atoms with Crippen molar-refractivity contribution in [2.75, 3.05) is 4.72 Å². The Morgan fingerprint density at radius 1 is 0.875 bits per heavy atom. The lowest BCUT2D eigenvalue weighted by molar-refractivity contribution is 0.601. The highest BCUT2D eigenvalue weighted by atomic mass is 35.5. The molecule has 0 bridgehead atoms. The highest BCUT2D eigenvalue weighted by Gasteiger charge is 2.16. The van der Waals surface area contributed by atoms with E-state index >= 15 is 0 Å². The maximum Gasteiger partial charge on any atom is 0.261 e. The molecule has 0 radical (unpaired) electrons. The second-order valence-corrected chi connectivity index (χ2v) is 7.52. The van der Waals surface area contributed by atoms with Gasteiger partial charge in [-0.1, -0.05) is 60.1 Å². The van der Waals surface area contributed by atoms with Crippen molar-refractivity contribution in [3.8, 4) is 11.1 Å². The second-order valence-electron chi connectivity index (χ2n) is 5.43. The number of hydrogen-bond acceptors (Lipinski definition) is 2. The summed E-state index contributed by atoms with van der Waals surface area (Å²) in [6.07, 6.45) is 0. The molecule has 3 nitrogen and oxygen atoms in total. The zero-order chi connectivity index (χ0) is 17.2. The van der Waals surface area contributed by atoms with Crippen LogP contribution in [0, 0.1) is 6.92 Å². The number of halogens is 1. The molecule has 0 saturated heterocycles. The van der Waals surface area contributed by atoms with E-state index in [4.69, 9.17) is 11.6 Å². The van der Waals surface area contributed by atoms with Gasteiger partial charge in [0.15, 0.2) is 0 Å². The van der Waals surface area contributed by atoms with Crippen molar-refractivity contribution in [1.29, 1.82) is 0 Å². The predicted octanol–water partition coefficient (Wildman–Crippen LogP) is 5.12. The van der Waals surface area contributed by atoms with Gasteiger partial charge in [-0.3, -0.25) is 4.72 Å². The van der Waals surface area contributed by atoms with Crippen molar-refractivity contribution in [1.82, 2.24) is 0 Å². The molecule has 0 unspecified atom stereocenters. The summed E-state index contributed by atoms with van der Waals surface area (Å²) in [5.41, 5.74) is 3.12. The Morgan fingerprint density at radius 2 is 1.54 bits per heavy atom. The summed E-state index contributed by atoms with van der Waals surface area (Å²) in [4.78, 5) is 0.224. The Balaban J connectivity index is 2.03. The second kappa shape index (κ2) is 6.67. The molecule has 0 aromatic heterocycles. The summed E-state index contributed by atoms with van der Waals surface area (Å²) in [6.45, 7) is 1.93. The van der Waals surface area contributed by atoms with Gasteiger partial charge in [0.2, 0.25) is 0 Å². The van der Waals surface area contributed by atoms with Crippen LogP contribution in [0.1, 0.15) is 5.56 Å². The van der Waals surface area contributed by atoms with E-state index in [0.717, 1.165) is 16.7 Å². The van der Waals surface area contributed by atoms with Gasteiger partial charge in [0.05, 0.1) is 10.6 Å². The lowest BCUT2D eigenvalue weighted by Gasteiger charge is -2.13. The van der Waals surface area contributed by atoms with Gasteiger partial charge in [0, 0.05) is 10.6 Å². The van der Waals surface area contributed by atoms with E-state index in [9.17, 15) is 8.42 Å². The summed E-state index contributed by atoms with van der Waals surface area (Å²) in [5.74, 6) is 0. The van der Waals surface area contributed by atoms with E-state index in [1.165, 1.54) is 0 Å². The van der Waals surface area contributed by atoms with Gasteiger partial charge >= 0.3 is 0 Å². The maximum atomic E-state index is 12.6. The summed E-state index contributed by atoms with van der Waals surface area (Å²) >= 11 is 6.21. The first kappa shape index (κ1) is 16.6. The van der Waals surface area contributed by atoms with Crippen LogP contribution in [0.15, 0.2) is 77.7 Å². The zero-order valence-corrected chi connectivity index (χ0v) is 14.6. The van der Waals surface area contributed by atoms with Crippen molar-refractivity contribution < 1.29 is 8.42 Å². The molecule has 24 heavy (non-hydrogen) atoms. The largest absolute Gasteiger partial charge is 0.279 e. The molecule has 0 saturated carbocycles. The van der Waals surface area contributed by atoms with E-state index in [2.05, 4.69) is 4.72 Å². The molecule has 0 aliphatic carbocycles. The molecule has 1 N–H and O–H groups in total. The molecule has 0 fully saturated rings. The number of aryl methyl sites for hydroxylation is 1. The zero-order valence-electron chi connectivity index (χ0n) is 13.0. The minimum absolute atomic E-state index is 0.224. The van der Waals surface area contributed by atoms with E-state index in [0.29, 0.717) is 10.7 Å². The van der Waals surface area contributed by atoms with Crippen LogP contribution < -0.4 is 4.72 Å². The van der Waals surface area contributed by atoms with Crippen LogP contribution in [0.5, 0.6) is 0 Å². The first-order valence-electron chi connectivity index (χ1n) is 7.41. The number of rotatable bonds is 4. The summed E-state index contributed by atoms with van der Waals surface area (Å²) < 4.78 is 27.8. The van der Waals surface area contributed by atoms with Crippen molar-refractivity contribution in [2.45, 2.75) is 11.8 Å². The quantitative estimate of drug-likeness (QED) is 0.704. The van der Waals surface area contributed by atoms with Crippen LogP contribution >= 0.6 is 11.6 Å². The minimum Gasteiger partial charge on any atom is -0.279 e. The third-order valence-electron chi connectivity index (χ3n) is 3.71. The average molecular weight is 358 g/mol. The Morgan fingerprint density at radius 3 is 2.25 bits per heavy atom. The molecule has 0 spiro atoms. The van der Waals surface area contributed by atoms with E-state index < -0.39 is 10.0 Å². The maximum absolute atomic E-state index is 12.6. The molecule has 0 aliphatic rings. The Bertz CT molecular complexity index is 970. The Hall–Kier alpha value is -2.30. The van der Waals surface area contributed by atoms with Crippen molar-refractivity contribution in [2.24, 2.45) is 0 Å². The van der Waals surface area contributed by atoms with Crippen LogP contribution in [-0.4, -0.2) is 8.42 Å². The van der Waals surface area contributed by atoms with Gasteiger partial charge in [-0.25, -0.2) is 8.42 Å². The number of nitrogens with one attached hydrogen (secondary N) is 1. The highest BCUT2D eigenvalue weighted by Crippen LogP contribution is 2.32.